The molecule has 0 unspecified atom stereocenters. The molecule has 1 aliphatic rings. The van der Waals surface area contributed by atoms with Crippen LogP contribution in [-0.4, -0.2) is 30.5 Å². The van der Waals surface area contributed by atoms with E-state index in [9.17, 15) is 0 Å². The standard InChI is InChI=1S/C5H11NO2/c6-4-1-2-8-3-5(4)7/h4-5,7H,1-3,6H2/t4-,5+/m1/s1. The predicted octanol–water partition coefficient (Wildman–Crippen LogP) is -0.905. The van der Waals surface area contributed by atoms with E-state index in [2.05, 4.69) is 0 Å². The fraction of sp³-hybridized carbons (Fsp3) is 1.00. The van der Waals surface area contributed by atoms with Crippen molar-refractivity contribution in [2.75, 3.05) is 13.2 Å². The average molecular weight is 117 g/mol. The highest BCUT2D eigenvalue weighted by Gasteiger charge is 2.18. The van der Waals surface area contributed by atoms with Crippen molar-refractivity contribution < 1.29 is 9.84 Å². The second-order valence-corrected chi connectivity index (χ2v) is 2.09. The van der Waals surface area contributed by atoms with Crippen LogP contribution in [0, 0.1) is 0 Å². The van der Waals surface area contributed by atoms with Crippen molar-refractivity contribution in [1.82, 2.24) is 0 Å². The minimum atomic E-state index is -0.441. The van der Waals surface area contributed by atoms with Crippen molar-refractivity contribution in [3.05, 3.63) is 0 Å². The van der Waals surface area contributed by atoms with Crippen LogP contribution in [0.3, 0.4) is 0 Å². The molecule has 1 fully saturated rings. The zero-order valence-electron chi connectivity index (χ0n) is 4.71. The fourth-order valence-electron chi connectivity index (χ4n) is 0.739. The van der Waals surface area contributed by atoms with Crippen LogP contribution in [0.5, 0.6) is 0 Å². The molecule has 3 heteroatoms. The number of aliphatic hydroxyl groups excluding tert-OH is 1. The molecular weight excluding hydrogens is 106 g/mol. The highest BCUT2D eigenvalue weighted by atomic mass is 16.5. The van der Waals surface area contributed by atoms with Gasteiger partial charge in [0.2, 0.25) is 0 Å². The van der Waals surface area contributed by atoms with Crippen LogP contribution in [0.1, 0.15) is 6.42 Å². The number of hydrogen-bond acceptors (Lipinski definition) is 3. The summed E-state index contributed by atoms with van der Waals surface area (Å²) >= 11 is 0. The Bertz CT molecular complexity index is 66.8. The van der Waals surface area contributed by atoms with Gasteiger partial charge in [0.05, 0.1) is 12.7 Å². The summed E-state index contributed by atoms with van der Waals surface area (Å²) in [6.45, 7) is 1.10. The summed E-state index contributed by atoms with van der Waals surface area (Å²) in [4.78, 5) is 0. The smallest absolute Gasteiger partial charge is 0.0924 e. The van der Waals surface area contributed by atoms with E-state index < -0.39 is 6.10 Å². The highest BCUT2D eigenvalue weighted by molar-refractivity contribution is 4.74. The molecule has 1 saturated heterocycles. The second-order valence-electron chi connectivity index (χ2n) is 2.09. The van der Waals surface area contributed by atoms with Gasteiger partial charge in [-0.05, 0) is 6.42 Å². The van der Waals surface area contributed by atoms with Gasteiger partial charge >= 0.3 is 0 Å². The molecule has 0 amide bonds. The maximum Gasteiger partial charge on any atom is 0.0924 e. The van der Waals surface area contributed by atoms with E-state index in [4.69, 9.17) is 15.6 Å². The van der Waals surface area contributed by atoms with Crippen LogP contribution < -0.4 is 5.73 Å². The van der Waals surface area contributed by atoms with Gasteiger partial charge in [0.1, 0.15) is 0 Å². The van der Waals surface area contributed by atoms with Gasteiger partial charge < -0.3 is 15.6 Å². The topological polar surface area (TPSA) is 55.5 Å². The Balaban J connectivity index is 2.28. The minimum Gasteiger partial charge on any atom is -0.389 e. The zero-order valence-corrected chi connectivity index (χ0v) is 4.71. The highest BCUT2D eigenvalue weighted by Crippen LogP contribution is 2.03. The first kappa shape index (κ1) is 6.01. The number of ether oxygens (including phenoxy) is 1. The van der Waals surface area contributed by atoms with Crippen LogP contribution in [0.4, 0.5) is 0 Å². The zero-order chi connectivity index (χ0) is 5.98. The third-order valence-corrected chi connectivity index (χ3v) is 1.38. The number of rotatable bonds is 0. The van der Waals surface area contributed by atoms with E-state index in [1.165, 1.54) is 0 Å². The van der Waals surface area contributed by atoms with Crippen molar-refractivity contribution >= 4 is 0 Å². The molecule has 0 aromatic heterocycles. The van der Waals surface area contributed by atoms with Gasteiger partial charge in [0.15, 0.2) is 0 Å². The van der Waals surface area contributed by atoms with Crippen LogP contribution in [-0.2, 0) is 4.74 Å². The van der Waals surface area contributed by atoms with Crippen LogP contribution in [0.15, 0.2) is 0 Å². The van der Waals surface area contributed by atoms with Crippen molar-refractivity contribution in [2.45, 2.75) is 18.6 Å². The molecule has 3 nitrogen and oxygen atoms in total. The predicted molar refractivity (Wildman–Crippen MR) is 29.4 cm³/mol. The average Bonchev–Trinajstić information content (AvgIpc) is 1.77. The third kappa shape index (κ3) is 1.18. The van der Waals surface area contributed by atoms with Gasteiger partial charge in [-0.1, -0.05) is 0 Å². The lowest BCUT2D eigenvalue weighted by Crippen LogP contribution is -2.42. The molecule has 1 heterocycles. The summed E-state index contributed by atoms with van der Waals surface area (Å²) in [5.74, 6) is 0. The largest absolute Gasteiger partial charge is 0.389 e. The van der Waals surface area contributed by atoms with Gasteiger partial charge in [-0.3, -0.25) is 0 Å². The lowest BCUT2D eigenvalue weighted by Gasteiger charge is -2.23. The summed E-state index contributed by atoms with van der Waals surface area (Å²) < 4.78 is 4.92. The first-order valence-corrected chi connectivity index (χ1v) is 2.82. The van der Waals surface area contributed by atoms with Crippen molar-refractivity contribution in [1.29, 1.82) is 0 Å². The molecule has 0 spiro atoms. The third-order valence-electron chi connectivity index (χ3n) is 1.38. The van der Waals surface area contributed by atoms with Crippen LogP contribution in [0.25, 0.3) is 0 Å². The molecule has 0 bridgehead atoms. The van der Waals surface area contributed by atoms with Crippen molar-refractivity contribution in [3.8, 4) is 0 Å². The van der Waals surface area contributed by atoms with E-state index in [1.54, 1.807) is 0 Å². The van der Waals surface area contributed by atoms with Crippen LogP contribution >= 0.6 is 0 Å². The van der Waals surface area contributed by atoms with Gasteiger partial charge in [0.25, 0.3) is 0 Å². The van der Waals surface area contributed by atoms with Gasteiger partial charge in [0, 0.05) is 12.6 Å². The maximum absolute atomic E-state index is 8.93. The molecule has 0 radical (unpaired) electrons. The molecule has 48 valence electrons. The summed E-state index contributed by atoms with van der Waals surface area (Å²) in [6, 6.07) is -0.0660. The molecule has 0 aromatic carbocycles. The first-order chi connectivity index (χ1) is 3.80. The Hall–Kier alpha value is -0.120. The molecule has 8 heavy (non-hydrogen) atoms. The van der Waals surface area contributed by atoms with Gasteiger partial charge in [-0.2, -0.15) is 0 Å². The second kappa shape index (κ2) is 2.44. The summed E-state index contributed by atoms with van der Waals surface area (Å²) in [5.41, 5.74) is 5.45. The fourth-order valence-corrected chi connectivity index (χ4v) is 0.739. The SMILES string of the molecule is N[C@@H]1CCOC[C@@H]1O. The maximum atomic E-state index is 8.93. The quantitative estimate of drug-likeness (QED) is 0.432. The van der Waals surface area contributed by atoms with Gasteiger partial charge in [-0.15, -0.1) is 0 Å². The molecule has 0 aliphatic carbocycles. The number of aliphatic hydroxyl groups is 1. The number of nitrogens with two attached hydrogens (primary N) is 1. The Kier molecular flexibility index (Phi) is 1.83. The molecule has 0 saturated carbocycles. The van der Waals surface area contributed by atoms with E-state index >= 15 is 0 Å². The first-order valence-electron chi connectivity index (χ1n) is 2.82. The van der Waals surface area contributed by atoms with E-state index in [0.717, 1.165) is 6.42 Å². The lowest BCUT2D eigenvalue weighted by atomic mass is 10.1. The molecule has 3 N–H and O–H groups in total. The Labute approximate surface area is 48.4 Å². The molecule has 1 rings (SSSR count). The molecular formula is C5H11NO2. The summed E-state index contributed by atoms with van der Waals surface area (Å²) in [5, 5.41) is 8.93. The Morgan fingerprint density at radius 2 is 2.38 bits per heavy atom. The van der Waals surface area contributed by atoms with Crippen molar-refractivity contribution in [3.63, 3.8) is 0 Å². The lowest BCUT2D eigenvalue weighted by molar-refractivity contribution is -0.0182. The van der Waals surface area contributed by atoms with E-state index in [-0.39, 0.29) is 6.04 Å². The van der Waals surface area contributed by atoms with Gasteiger partial charge in [-0.25, -0.2) is 0 Å². The van der Waals surface area contributed by atoms with E-state index in [1.807, 2.05) is 0 Å². The van der Waals surface area contributed by atoms with E-state index in [0.29, 0.717) is 13.2 Å². The van der Waals surface area contributed by atoms with Crippen molar-refractivity contribution in [2.24, 2.45) is 5.73 Å². The molecule has 0 aromatic rings. The van der Waals surface area contributed by atoms with Crippen LogP contribution in [0.2, 0.25) is 0 Å². The molecule has 2 atom stereocenters. The molecule has 1 aliphatic heterocycles. The monoisotopic (exact) mass is 117 g/mol. The summed E-state index contributed by atoms with van der Waals surface area (Å²) in [6.07, 6.45) is 0.338. The minimum absolute atomic E-state index is 0.0660. The Morgan fingerprint density at radius 1 is 1.62 bits per heavy atom. The number of hydrogen-bond donors (Lipinski definition) is 2. The normalized spacial score (nSPS) is 39.8. The Morgan fingerprint density at radius 3 is 2.75 bits per heavy atom. The summed E-state index contributed by atoms with van der Waals surface area (Å²) in [7, 11) is 0.